The molecule has 264 valence electrons. The number of benzene rings is 2. The fourth-order valence-corrected chi connectivity index (χ4v) is 8.27. The van der Waals surface area contributed by atoms with Crippen molar-refractivity contribution in [3.05, 3.63) is 53.3 Å². The maximum Gasteiger partial charge on any atom is 0.251 e. The molecule has 11 heteroatoms. The molecule has 5 N–H and O–H groups in total. The average molecular weight is 667 g/mol. The van der Waals surface area contributed by atoms with Gasteiger partial charge in [0.15, 0.2) is 0 Å². The van der Waals surface area contributed by atoms with Gasteiger partial charge in [0.25, 0.3) is 5.91 Å². The Kier molecular flexibility index (Phi) is 10.9. The number of halogens is 1. The lowest BCUT2D eigenvalue weighted by Crippen LogP contribution is -2.62. The van der Waals surface area contributed by atoms with Crippen molar-refractivity contribution in [3.8, 4) is 11.1 Å². The Bertz CT molecular complexity index is 1480. The summed E-state index contributed by atoms with van der Waals surface area (Å²) in [5.41, 5.74) is 8.78. The molecule has 48 heavy (non-hydrogen) atoms. The summed E-state index contributed by atoms with van der Waals surface area (Å²) in [6, 6.07) is 9.65. The molecule has 0 aromatic heterocycles. The zero-order chi connectivity index (χ0) is 35.1. The van der Waals surface area contributed by atoms with Gasteiger partial charge in [0.1, 0.15) is 11.9 Å². The zero-order valence-electron chi connectivity index (χ0n) is 29.8. The third-order valence-electron chi connectivity index (χ3n) is 11.4. The van der Waals surface area contributed by atoms with Gasteiger partial charge >= 0.3 is 0 Å². The Balaban J connectivity index is 1.41. The van der Waals surface area contributed by atoms with Crippen LogP contribution in [0.25, 0.3) is 11.1 Å². The molecule has 3 saturated carbocycles. The summed E-state index contributed by atoms with van der Waals surface area (Å²) in [4.78, 5) is 37.3. The fourth-order valence-electron chi connectivity index (χ4n) is 8.27. The molecule has 1 heterocycles. The molecular formula is C37H55FN6O4. The SMILES string of the molecule is C[C@@H]1[C@@H](NC(=O)[C@@H]2[C@H]([C@H](C)O)[C@H](CN)ON2Cc2cccc(-c3cc(C(=O)NCCN(C)C)cc(N(C)C)c3)c2F)C[C@H]2C[C@@H]1C2(C)C. The molecule has 0 unspecified atom stereocenters. The highest BCUT2D eigenvalue weighted by Crippen LogP contribution is 2.61. The molecule has 1 aliphatic heterocycles. The maximum absolute atomic E-state index is 16.5. The number of rotatable bonds is 12. The second kappa shape index (κ2) is 14.4. The molecule has 0 radical (unpaired) electrons. The van der Waals surface area contributed by atoms with Gasteiger partial charge < -0.3 is 31.3 Å². The molecule has 1 saturated heterocycles. The molecule has 2 aromatic rings. The van der Waals surface area contributed by atoms with Gasteiger partial charge in [0, 0.05) is 68.1 Å². The number of fused-ring (bicyclic) bond motifs is 2. The standard InChI is InChI=1S/C37H55FN6O4/c1-21-29-17-26(37(29,3)4)18-30(21)41-36(47)34-32(22(2)45)31(19-39)48-44(34)20-23-10-9-11-28(33(23)38)24-14-25(16-27(15-24)43(7)8)35(46)40-12-13-42(5)6/h9-11,14-16,21-22,26,29-32,34,45H,12-13,17-20,39H2,1-8H3,(H,40,46)(H,41,47)/t21-,22-,26+,29-,30-,31-,32+,34-/m0/s1. The lowest BCUT2D eigenvalue weighted by atomic mass is 9.45. The Morgan fingerprint density at radius 2 is 1.90 bits per heavy atom. The second-order valence-corrected chi connectivity index (χ2v) is 15.3. The minimum atomic E-state index is -0.873. The Morgan fingerprint density at radius 3 is 2.50 bits per heavy atom. The van der Waals surface area contributed by atoms with E-state index in [2.05, 4.69) is 31.4 Å². The van der Waals surface area contributed by atoms with Gasteiger partial charge in [-0.1, -0.05) is 39.0 Å². The highest BCUT2D eigenvalue weighted by atomic mass is 19.1. The van der Waals surface area contributed by atoms with Crippen LogP contribution in [-0.4, -0.2) is 99.0 Å². The van der Waals surface area contributed by atoms with Crippen LogP contribution in [0.4, 0.5) is 10.1 Å². The van der Waals surface area contributed by atoms with Crippen LogP contribution in [0.3, 0.4) is 0 Å². The monoisotopic (exact) mass is 666 g/mol. The van der Waals surface area contributed by atoms with E-state index in [9.17, 15) is 14.7 Å². The van der Waals surface area contributed by atoms with Crippen molar-refractivity contribution in [1.29, 1.82) is 0 Å². The first kappa shape index (κ1) is 36.2. The Hall–Kier alpha value is -3.09. The van der Waals surface area contributed by atoms with Gasteiger partial charge in [-0.2, -0.15) is 5.06 Å². The zero-order valence-corrected chi connectivity index (χ0v) is 29.8. The number of likely N-dealkylation sites (N-methyl/N-ethyl adjacent to an activating group) is 1. The molecule has 2 bridgehead atoms. The van der Waals surface area contributed by atoms with E-state index in [0.29, 0.717) is 53.1 Å². The van der Waals surface area contributed by atoms with Crippen LogP contribution >= 0.6 is 0 Å². The van der Waals surface area contributed by atoms with Crippen LogP contribution in [-0.2, 0) is 16.2 Å². The number of hydroxylamine groups is 2. The van der Waals surface area contributed by atoms with Crippen molar-refractivity contribution < 1.29 is 23.9 Å². The van der Waals surface area contributed by atoms with Crippen LogP contribution < -0.4 is 21.3 Å². The minimum Gasteiger partial charge on any atom is -0.393 e. The number of hydrogen-bond acceptors (Lipinski definition) is 8. The van der Waals surface area contributed by atoms with E-state index in [1.165, 1.54) is 11.5 Å². The first-order valence-electron chi connectivity index (χ1n) is 17.3. The Morgan fingerprint density at radius 1 is 1.17 bits per heavy atom. The third-order valence-corrected chi connectivity index (χ3v) is 11.4. The van der Waals surface area contributed by atoms with Crippen molar-refractivity contribution in [2.45, 2.75) is 71.4 Å². The predicted molar refractivity (Wildman–Crippen MR) is 187 cm³/mol. The van der Waals surface area contributed by atoms with Gasteiger partial charge in [-0.15, -0.1) is 0 Å². The lowest BCUT2D eigenvalue weighted by Gasteiger charge is -2.62. The summed E-state index contributed by atoms with van der Waals surface area (Å²) in [7, 11) is 7.63. The summed E-state index contributed by atoms with van der Waals surface area (Å²) in [6.07, 6.45) is 0.638. The molecule has 6 rings (SSSR count). The number of amides is 2. The van der Waals surface area contributed by atoms with Crippen LogP contribution in [0.2, 0.25) is 0 Å². The van der Waals surface area contributed by atoms with Crippen LogP contribution in [0.15, 0.2) is 36.4 Å². The average Bonchev–Trinajstić information content (AvgIpc) is 3.41. The molecular weight excluding hydrogens is 611 g/mol. The summed E-state index contributed by atoms with van der Waals surface area (Å²) >= 11 is 0. The largest absolute Gasteiger partial charge is 0.393 e. The minimum absolute atomic E-state index is 0.0266. The van der Waals surface area contributed by atoms with E-state index in [4.69, 9.17) is 10.6 Å². The molecule has 4 fully saturated rings. The molecule has 3 aliphatic carbocycles. The van der Waals surface area contributed by atoms with Gasteiger partial charge in [-0.25, -0.2) is 4.39 Å². The van der Waals surface area contributed by atoms with Crippen LogP contribution in [0.5, 0.6) is 0 Å². The normalized spacial score (nSPS) is 28.5. The number of nitrogens with two attached hydrogens (primary N) is 1. The molecule has 2 amide bonds. The number of hydrogen-bond donors (Lipinski definition) is 4. The Labute approximate surface area is 285 Å². The van der Waals surface area contributed by atoms with E-state index in [1.54, 1.807) is 37.3 Å². The first-order valence-corrected chi connectivity index (χ1v) is 17.3. The van der Waals surface area contributed by atoms with Crippen molar-refractivity contribution >= 4 is 17.5 Å². The molecule has 2 aromatic carbocycles. The number of carbonyl (C=O) groups excluding carboxylic acids is 2. The van der Waals surface area contributed by atoms with Crippen molar-refractivity contribution in [3.63, 3.8) is 0 Å². The quantitative estimate of drug-likeness (QED) is 0.272. The highest BCUT2D eigenvalue weighted by Gasteiger charge is 2.57. The summed E-state index contributed by atoms with van der Waals surface area (Å²) in [5.74, 6) is -0.0755. The summed E-state index contributed by atoms with van der Waals surface area (Å²) in [6.45, 7) is 9.77. The number of anilines is 1. The molecule has 4 aliphatic rings. The van der Waals surface area contributed by atoms with Gasteiger partial charge in [-0.3, -0.25) is 14.4 Å². The van der Waals surface area contributed by atoms with Gasteiger partial charge in [0.2, 0.25) is 5.91 Å². The van der Waals surface area contributed by atoms with E-state index >= 15 is 4.39 Å². The number of aliphatic hydroxyl groups excluding tert-OH is 1. The van der Waals surface area contributed by atoms with E-state index in [0.717, 1.165) is 12.1 Å². The van der Waals surface area contributed by atoms with E-state index < -0.39 is 30.0 Å². The van der Waals surface area contributed by atoms with Gasteiger partial charge in [-0.05, 0) is 80.8 Å². The van der Waals surface area contributed by atoms with Crippen molar-refractivity contribution in [1.82, 2.24) is 20.6 Å². The fraction of sp³-hybridized carbons (Fsp3) is 0.622. The summed E-state index contributed by atoms with van der Waals surface area (Å²) < 4.78 is 16.5. The predicted octanol–water partition coefficient (Wildman–Crippen LogP) is 3.48. The smallest absolute Gasteiger partial charge is 0.251 e. The van der Waals surface area contributed by atoms with E-state index in [1.807, 2.05) is 44.1 Å². The topological polar surface area (TPSA) is 123 Å². The molecule has 8 atom stereocenters. The third kappa shape index (κ3) is 7.12. The van der Waals surface area contributed by atoms with Crippen LogP contribution in [0.1, 0.15) is 56.5 Å². The van der Waals surface area contributed by atoms with Gasteiger partial charge in [0.05, 0.1) is 18.8 Å². The second-order valence-electron chi connectivity index (χ2n) is 15.3. The number of nitrogens with zero attached hydrogens (tertiary/aromatic N) is 3. The molecule has 0 spiro atoms. The number of carbonyl (C=O) groups is 2. The highest BCUT2D eigenvalue weighted by molar-refractivity contribution is 5.97. The molecule has 10 nitrogen and oxygen atoms in total. The summed E-state index contributed by atoms with van der Waals surface area (Å²) in [5, 5.41) is 18.6. The lowest BCUT2D eigenvalue weighted by molar-refractivity contribution is -0.176. The van der Waals surface area contributed by atoms with Crippen molar-refractivity contribution in [2.24, 2.45) is 34.8 Å². The first-order chi connectivity index (χ1) is 22.6. The maximum atomic E-state index is 16.5. The number of nitrogens with one attached hydrogen (secondary N) is 2. The number of aliphatic hydroxyl groups is 1. The van der Waals surface area contributed by atoms with Crippen molar-refractivity contribution in [2.75, 3.05) is 52.7 Å². The van der Waals surface area contributed by atoms with E-state index in [-0.39, 0.29) is 36.4 Å². The van der Waals surface area contributed by atoms with Crippen LogP contribution in [0, 0.1) is 34.9 Å².